The number of H-pyrrole nitrogens is 1. The first-order valence-electron chi connectivity index (χ1n) is 9.42. The van der Waals surface area contributed by atoms with Gasteiger partial charge in [0.1, 0.15) is 11.6 Å². The quantitative estimate of drug-likeness (QED) is 0.580. The van der Waals surface area contributed by atoms with Gasteiger partial charge in [0.15, 0.2) is 0 Å². The van der Waals surface area contributed by atoms with E-state index >= 15 is 0 Å². The van der Waals surface area contributed by atoms with Crippen LogP contribution in [0.5, 0.6) is 5.75 Å². The number of imidazole rings is 1. The van der Waals surface area contributed by atoms with E-state index in [1.165, 1.54) is 16.1 Å². The van der Waals surface area contributed by atoms with Gasteiger partial charge in [-0.15, -0.1) is 0 Å². The van der Waals surface area contributed by atoms with Gasteiger partial charge in [-0.3, -0.25) is 0 Å². The van der Waals surface area contributed by atoms with E-state index in [4.69, 9.17) is 4.74 Å². The van der Waals surface area contributed by atoms with Crippen LogP contribution in [-0.4, -0.2) is 29.0 Å². The van der Waals surface area contributed by atoms with E-state index in [-0.39, 0.29) is 0 Å². The minimum absolute atomic E-state index is 0.400. The van der Waals surface area contributed by atoms with Crippen LogP contribution in [0, 0.1) is 0 Å². The van der Waals surface area contributed by atoms with E-state index in [2.05, 4.69) is 77.4 Å². The fourth-order valence-electron chi connectivity index (χ4n) is 3.54. The van der Waals surface area contributed by atoms with Crippen molar-refractivity contribution in [3.63, 3.8) is 0 Å². The van der Waals surface area contributed by atoms with Crippen LogP contribution in [-0.2, 0) is 6.42 Å². The third-order valence-corrected chi connectivity index (χ3v) is 6.62. The van der Waals surface area contributed by atoms with Gasteiger partial charge in [-0.05, 0) is 30.2 Å². The SMILES string of the molecule is CC(c1ccccc1)C1Sc2cc(OCCCc3ncc[nH]3)ccc2N1C. The van der Waals surface area contributed by atoms with Crippen LogP contribution in [0.25, 0.3) is 0 Å². The van der Waals surface area contributed by atoms with Crippen molar-refractivity contribution < 1.29 is 4.74 Å². The second-order valence-electron chi connectivity index (χ2n) is 6.94. The number of aromatic nitrogens is 2. The second-order valence-corrected chi connectivity index (χ2v) is 8.09. The van der Waals surface area contributed by atoms with Gasteiger partial charge < -0.3 is 14.6 Å². The molecule has 1 aliphatic rings. The summed E-state index contributed by atoms with van der Waals surface area (Å²) in [4.78, 5) is 11.1. The lowest BCUT2D eigenvalue weighted by molar-refractivity contribution is 0.309. The summed E-state index contributed by atoms with van der Waals surface area (Å²) in [6.07, 6.45) is 5.51. The number of fused-ring (bicyclic) bond motifs is 1. The molecule has 2 heterocycles. The summed E-state index contributed by atoms with van der Waals surface area (Å²) < 4.78 is 5.97. The molecule has 4 rings (SSSR count). The zero-order chi connectivity index (χ0) is 18.6. The first-order valence-corrected chi connectivity index (χ1v) is 10.3. The molecule has 140 valence electrons. The molecule has 1 aliphatic heterocycles. The summed E-state index contributed by atoms with van der Waals surface area (Å²) in [5.41, 5.74) is 2.67. The Morgan fingerprint density at radius 1 is 1.22 bits per heavy atom. The Bertz CT molecular complexity index is 867. The number of anilines is 1. The van der Waals surface area contributed by atoms with Gasteiger partial charge in [0.25, 0.3) is 0 Å². The number of benzene rings is 2. The van der Waals surface area contributed by atoms with Crippen LogP contribution in [0.4, 0.5) is 5.69 Å². The van der Waals surface area contributed by atoms with Crippen molar-refractivity contribution in [3.05, 3.63) is 72.3 Å². The van der Waals surface area contributed by atoms with Crippen LogP contribution < -0.4 is 9.64 Å². The average Bonchev–Trinajstić information content (AvgIpc) is 3.33. The number of aromatic amines is 1. The smallest absolute Gasteiger partial charge is 0.120 e. The molecular weight excluding hydrogens is 354 g/mol. The molecule has 2 atom stereocenters. The highest BCUT2D eigenvalue weighted by Gasteiger charge is 2.32. The second kappa shape index (κ2) is 8.09. The molecule has 1 aromatic heterocycles. The lowest BCUT2D eigenvalue weighted by atomic mass is 10.0. The molecule has 3 aromatic rings. The molecule has 2 aromatic carbocycles. The Hall–Kier alpha value is -2.40. The summed E-state index contributed by atoms with van der Waals surface area (Å²) in [5, 5.41) is 0.400. The first-order chi connectivity index (χ1) is 13.2. The fourth-order valence-corrected chi connectivity index (χ4v) is 4.95. The number of hydrogen-bond acceptors (Lipinski definition) is 4. The van der Waals surface area contributed by atoms with Crippen LogP contribution in [0.15, 0.2) is 65.8 Å². The van der Waals surface area contributed by atoms with Gasteiger partial charge in [0.05, 0.1) is 17.7 Å². The van der Waals surface area contributed by atoms with Gasteiger partial charge in [0.2, 0.25) is 0 Å². The van der Waals surface area contributed by atoms with Crippen molar-refractivity contribution in [2.75, 3.05) is 18.6 Å². The Morgan fingerprint density at radius 3 is 2.85 bits per heavy atom. The molecule has 0 spiro atoms. The van der Waals surface area contributed by atoms with Crippen LogP contribution in [0.1, 0.15) is 30.7 Å². The summed E-state index contributed by atoms with van der Waals surface area (Å²) in [6, 6.07) is 17.2. The number of aryl methyl sites for hydroxylation is 1. The van der Waals surface area contributed by atoms with E-state index in [9.17, 15) is 0 Å². The number of nitrogens with zero attached hydrogens (tertiary/aromatic N) is 2. The van der Waals surface area contributed by atoms with Crippen molar-refractivity contribution in [1.82, 2.24) is 9.97 Å². The summed E-state index contributed by atoms with van der Waals surface area (Å²) in [7, 11) is 2.19. The van der Waals surface area contributed by atoms with Crippen molar-refractivity contribution in [2.24, 2.45) is 0 Å². The molecule has 0 radical (unpaired) electrons. The summed E-state index contributed by atoms with van der Waals surface area (Å²) in [5.74, 6) is 2.41. The van der Waals surface area contributed by atoms with Crippen molar-refractivity contribution in [2.45, 2.75) is 36.0 Å². The number of thioether (sulfide) groups is 1. The van der Waals surface area contributed by atoms with E-state index in [0.29, 0.717) is 17.9 Å². The number of nitrogens with one attached hydrogen (secondary N) is 1. The zero-order valence-electron chi connectivity index (χ0n) is 15.8. The lowest BCUT2D eigenvalue weighted by Crippen LogP contribution is -2.29. The number of likely N-dealkylation sites (N-methyl/N-ethyl adjacent to an activating group) is 1. The fraction of sp³-hybridized carbons (Fsp3) is 0.318. The van der Waals surface area contributed by atoms with E-state index in [1.54, 1.807) is 6.20 Å². The topological polar surface area (TPSA) is 41.1 Å². The molecule has 0 fully saturated rings. The minimum atomic E-state index is 0.400. The van der Waals surface area contributed by atoms with Crippen LogP contribution >= 0.6 is 11.8 Å². The normalized spacial score (nSPS) is 17.0. The monoisotopic (exact) mass is 379 g/mol. The highest BCUT2D eigenvalue weighted by atomic mass is 32.2. The molecule has 0 saturated heterocycles. The molecule has 27 heavy (non-hydrogen) atoms. The molecule has 2 unspecified atom stereocenters. The van der Waals surface area contributed by atoms with Gasteiger partial charge in [-0.2, -0.15) is 0 Å². The third-order valence-electron chi connectivity index (χ3n) is 5.08. The number of rotatable bonds is 7. The maximum atomic E-state index is 5.97. The highest BCUT2D eigenvalue weighted by molar-refractivity contribution is 8.00. The molecule has 0 bridgehead atoms. The van der Waals surface area contributed by atoms with E-state index < -0.39 is 0 Å². The largest absolute Gasteiger partial charge is 0.494 e. The molecule has 0 aliphatic carbocycles. The highest BCUT2D eigenvalue weighted by Crippen LogP contribution is 2.48. The number of ether oxygens (including phenoxy) is 1. The Balaban J connectivity index is 1.37. The lowest BCUT2D eigenvalue weighted by Gasteiger charge is -2.27. The van der Waals surface area contributed by atoms with Gasteiger partial charge in [-0.1, -0.05) is 49.0 Å². The van der Waals surface area contributed by atoms with Gasteiger partial charge in [-0.25, -0.2) is 4.98 Å². The predicted molar refractivity (Wildman–Crippen MR) is 112 cm³/mol. The molecule has 1 N–H and O–H groups in total. The summed E-state index contributed by atoms with van der Waals surface area (Å²) in [6.45, 7) is 3.01. The molecule has 0 amide bonds. The molecule has 4 nitrogen and oxygen atoms in total. The molecular formula is C22H25N3OS. The van der Waals surface area contributed by atoms with Crippen molar-refractivity contribution >= 4 is 17.4 Å². The predicted octanol–water partition coefficient (Wildman–Crippen LogP) is 5.09. The van der Waals surface area contributed by atoms with Crippen LogP contribution in [0.2, 0.25) is 0 Å². The van der Waals surface area contributed by atoms with Crippen molar-refractivity contribution in [3.8, 4) is 5.75 Å². The van der Waals surface area contributed by atoms with Gasteiger partial charge >= 0.3 is 0 Å². The summed E-state index contributed by atoms with van der Waals surface area (Å²) >= 11 is 1.93. The maximum absolute atomic E-state index is 5.97. The Morgan fingerprint density at radius 2 is 2.07 bits per heavy atom. The average molecular weight is 380 g/mol. The van der Waals surface area contributed by atoms with E-state index in [0.717, 1.165) is 24.4 Å². The number of hydrogen-bond donors (Lipinski definition) is 1. The minimum Gasteiger partial charge on any atom is -0.494 e. The standard InChI is InChI=1S/C22H25N3OS/c1-16(17-7-4-3-5-8-17)22-25(2)19-11-10-18(15-20(19)27-22)26-14-6-9-21-23-12-13-24-21/h3-5,7-8,10-13,15-16,22H,6,9,14H2,1-2H3,(H,23,24). The van der Waals surface area contributed by atoms with E-state index in [1.807, 2.05) is 18.0 Å². The van der Waals surface area contributed by atoms with Crippen molar-refractivity contribution in [1.29, 1.82) is 0 Å². The first kappa shape index (κ1) is 18.0. The molecule has 5 heteroatoms. The van der Waals surface area contributed by atoms with Gasteiger partial charge in [0, 0.05) is 36.7 Å². The Kier molecular flexibility index (Phi) is 5.39. The molecule has 0 saturated carbocycles. The maximum Gasteiger partial charge on any atom is 0.120 e. The third kappa shape index (κ3) is 3.98. The zero-order valence-corrected chi connectivity index (χ0v) is 16.6. The Labute approximate surface area is 165 Å². The van der Waals surface area contributed by atoms with Crippen LogP contribution in [0.3, 0.4) is 0 Å².